The van der Waals surface area contributed by atoms with E-state index in [-0.39, 0.29) is 0 Å². The summed E-state index contributed by atoms with van der Waals surface area (Å²) < 4.78 is 0. The Kier molecular flexibility index (Phi) is 5.79. The number of nitrogens with one attached hydrogen (secondary N) is 1. The summed E-state index contributed by atoms with van der Waals surface area (Å²) in [5.74, 6) is 3.06. The van der Waals surface area contributed by atoms with Crippen molar-refractivity contribution in [3.8, 4) is 0 Å². The molecule has 2 heterocycles. The largest absolute Gasteiger partial charge is 0.371 e. The van der Waals surface area contributed by atoms with E-state index in [4.69, 9.17) is 0 Å². The molecule has 3 heteroatoms. The van der Waals surface area contributed by atoms with Gasteiger partial charge in [0.05, 0.1) is 0 Å². The molecule has 0 aromatic carbocycles. The summed E-state index contributed by atoms with van der Waals surface area (Å²) in [4.78, 5) is 7.16. The van der Waals surface area contributed by atoms with Gasteiger partial charge in [0.2, 0.25) is 0 Å². The Balaban J connectivity index is 1.36. The number of rotatable bonds is 4. The van der Waals surface area contributed by atoms with Gasteiger partial charge in [0.15, 0.2) is 0 Å². The lowest BCUT2D eigenvalue weighted by molar-refractivity contribution is 0.188. The Morgan fingerprint density at radius 2 is 1.60 bits per heavy atom. The van der Waals surface area contributed by atoms with Gasteiger partial charge >= 0.3 is 0 Å². The highest BCUT2D eigenvalue weighted by molar-refractivity contribution is 5.54. The van der Waals surface area contributed by atoms with E-state index in [1.165, 1.54) is 95.8 Å². The number of anilines is 2. The van der Waals surface area contributed by atoms with E-state index in [1.54, 1.807) is 0 Å². The van der Waals surface area contributed by atoms with Gasteiger partial charge in [0.1, 0.15) is 5.82 Å². The van der Waals surface area contributed by atoms with E-state index in [9.17, 15) is 0 Å². The Morgan fingerprint density at radius 1 is 0.840 bits per heavy atom. The van der Waals surface area contributed by atoms with E-state index in [1.807, 2.05) is 6.20 Å². The van der Waals surface area contributed by atoms with E-state index in [0.717, 1.165) is 17.7 Å². The van der Waals surface area contributed by atoms with Crippen molar-refractivity contribution in [2.75, 3.05) is 23.3 Å². The maximum Gasteiger partial charge on any atom is 0.128 e. The highest BCUT2D eigenvalue weighted by atomic mass is 15.1. The van der Waals surface area contributed by atoms with Gasteiger partial charge in [0, 0.05) is 37.1 Å². The molecular formula is C22H35N3. The molecule has 3 fully saturated rings. The van der Waals surface area contributed by atoms with Crippen LogP contribution in [0.2, 0.25) is 0 Å². The van der Waals surface area contributed by atoms with E-state index in [0.29, 0.717) is 6.04 Å². The van der Waals surface area contributed by atoms with Crippen LogP contribution < -0.4 is 10.2 Å². The topological polar surface area (TPSA) is 28.2 Å². The first kappa shape index (κ1) is 17.2. The van der Waals surface area contributed by atoms with Crippen LogP contribution in [0.5, 0.6) is 0 Å². The van der Waals surface area contributed by atoms with Crippen molar-refractivity contribution in [3.63, 3.8) is 0 Å². The SMILES string of the molecule is c1cc(N2CCCCC2)cc(N[C@H]2CCC[C@H](C3CCCCC3)C2)n1. The minimum atomic E-state index is 0.629. The minimum absolute atomic E-state index is 0.629. The first-order chi connectivity index (χ1) is 12.4. The molecule has 1 N–H and O–H groups in total. The van der Waals surface area contributed by atoms with Crippen molar-refractivity contribution >= 4 is 11.5 Å². The van der Waals surface area contributed by atoms with Gasteiger partial charge in [-0.25, -0.2) is 4.98 Å². The number of hydrogen-bond donors (Lipinski definition) is 1. The summed E-state index contributed by atoms with van der Waals surface area (Å²) in [6.07, 6.45) is 19.0. The number of nitrogens with zero attached hydrogens (tertiary/aromatic N) is 2. The molecule has 3 nitrogen and oxygen atoms in total. The summed E-state index contributed by atoms with van der Waals surface area (Å²) in [5.41, 5.74) is 1.36. The van der Waals surface area contributed by atoms with E-state index < -0.39 is 0 Å². The smallest absolute Gasteiger partial charge is 0.128 e. The summed E-state index contributed by atoms with van der Waals surface area (Å²) >= 11 is 0. The highest BCUT2D eigenvalue weighted by Gasteiger charge is 2.29. The fourth-order valence-electron chi connectivity index (χ4n) is 5.45. The number of hydrogen-bond acceptors (Lipinski definition) is 3. The van der Waals surface area contributed by atoms with Crippen LogP contribution in [0.3, 0.4) is 0 Å². The monoisotopic (exact) mass is 341 g/mol. The van der Waals surface area contributed by atoms with Gasteiger partial charge < -0.3 is 10.2 Å². The average molecular weight is 342 g/mol. The Hall–Kier alpha value is -1.25. The van der Waals surface area contributed by atoms with Gasteiger partial charge in [-0.2, -0.15) is 0 Å². The molecule has 2 aliphatic carbocycles. The third-order valence-electron chi connectivity index (χ3n) is 6.85. The van der Waals surface area contributed by atoms with Crippen LogP contribution in [0.15, 0.2) is 18.3 Å². The summed E-state index contributed by atoms with van der Waals surface area (Å²) in [6, 6.07) is 5.10. The molecule has 0 unspecified atom stereocenters. The van der Waals surface area contributed by atoms with Gasteiger partial charge in [-0.3, -0.25) is 0 Å². The number of pyridine rings is 1. The van der Waals surface area contributed by atoms with Crippen LogP contribution in [-0.2, 0) is 0 Å². The molecule has 2 saturated carbocycles. The maximum absolute atomic E-state index is 4.63. The fraction of sp³-hybridized carbons (Fsp3) is 0.773. The van der Waals surface area contributed by atoms with E-state index >= 15 is 0 Å². The summed E-state index contributed by atoms with van der Waals surface area (Å²) in [5, 5.41) is 3.79. The first-order valence-corrected chi connectivity index (χ1v) is 10.9. The van der Waals surface area contributed by atoms with Crippen molar-refractivity contribution in [3.05, 3.63) is 18.3 Å². The van der Waals surface area contributed by atoms with Crippen LogP contribution in [0.4, 0.5) is 11.5 Å². The zero-order chi connectivity index (χ0) is 16.9. The zero-order valence-electron chi connectivity index (χ0n) is 15.8. The van der Waals surface area contributed by atoms with Crippen LogP contribution in [0.25, 0.3) is 0 Å². The molecule has 0 spiro atoms. The Labute approximate surface area is 153 Å². The van der Waals surface area contributed by atoms with Crippen molar-refractivity contribution < 1.29 is 0 Å². The number of piperidine rings is 1. The average Bonchev–Trinajstić information content (AvgIpc) is 2.70. The molecule has 1 aliphatic heterocycles. The quantitative estimate of drug-likeness (QED) is 0.770. The molecule has 4 rings (SSSR count). The molecule has 0 bridgehead atoms. The molecule has 0 radical (unpaired) electrons. The second kappa shape index (κ2) is 8.42. The first-order valence-electron chi connectivity index (χ1n) is 10.9. The van der Waals surface area contributed by atoms with Crippen molar-refractivity contribution in [1.29, 1.82) is 0 Å². The molecule has 1 aromatic heterocycles. The van der Waals surface area contributed by atoms with Crippen LogP contribution >= 0.6 is 0 Å². The van der Waals surface area contributed by atoms with Gasteiger partial charge in [0.25, 0.3) is 0 Å². The molecular weight excluding hydrogens is 306 g/mol. The second-order valence-corrected chi connectivity index (χ2v) is 8.61. The fourth-order valence-corrected chi connectivity index (χ4v) is 5.45. The lowest BCUT2D eigenvalue weighted by atomic mass is 9.72. The van der Waals surface area contributed by atoms with Crippen LogP contribution in [0, 0.1) is 11.8 Å². The molecule has 3 aliphatic rings. The van der Waals surface area contributed by atoms with Crippen molar-refractivity contribution in [1.82, 2.24) is 4.98 Å². The summed E-state index contributed by atoms with van der Waals surface area (Å²) in [7, 11) is 0. The van der Waals surface area contributed by atoms with Crippen LogP contribution in [0.1, 0.15) is 77.0 Å². The third-order valence-corrected chi connectivity index (χ3v) is 6.85. The number of aromatic nitrogens is 1. The molecule has 25 heavy (non-hydrogen) atoms. The molecule has 138 valence electrons. The Bertz CT molecular complexity index is 532. The molecule has 1 saturated heterocycles. The Morgan fingerprint density at radius 3 is 2.44 bits per heavy atom. The normalized spacial score (nSPS) is 28.7. The van der Waals surface area contributed by atoms with Crippen LogP contribution in [-0.4, -0.2) is 24.1 Å². The maximum atomic E-state index is 4.63. The standard InChI is InChI=1S/C22H35N3/c1-3-8-18(9-4-1)19-10-7-11-20(16-19)24-22-17-21(12-13-23-22)25-14-5-2-6-15-25/h12-13,17-20H,1-11,14-16H2,(H,23,24)/t19-,20-/m0/s1. The van der Waals surface area contributed by atoms with Gasteiger partial charge in [-0.15, -0.1) is 0 Å². The molecule has 0 amide bonds. The highest BCUT2D eigenvalue weighted by Crippen LogP contribution is 2.39. The lowest BCUT2D eigenvalue weighted by Crippen LogP contribution is -2.32. The third kappa shape index (κ3) is 4.48. The van der Waals surface area contributed by atoms with Crippen molar-refractivity contribution in [2.45, 2.75) is 83.1 Å². The molecule has 1 aromatic rings. The van der Waals surface area contributed by atoms with Gasteiger partial charge in [-0.1, -0.05) is 44.9 Å². The zero-order valence-corrected chi connectivity index (χ0v) is 15.8. The van der Waals surface area contributed by atoms with Gasteiger partial charge in [-0.05, 0) is 50.0 Å². The lowest BCUT2D eigenvalue weighted by Gasteiger charge is -2.37. The minimum Gasteiger partial charge on any atom is -0.371 e. The predicted octanol–water partition coefficient (Wildman–Crippen LogP) is 5.62. The summed E-state index contributed by atoms with van der Waals surface area (Å²) in [6.45, 7) is 2.41. The van der Waals surface area contributed by atoms with E-state index in [2.05, 4.69) is 27.3 Å². The van der Waals surface area contributed by atoms with Crippen molar-refractivity contribution in [2.24, 2.45) is 11.8 Å². The predicted molar refractivity (Wildman–Crippen MR) is 106 cm³/mol. The second-order valence-electron chi connectivity index (χ2n) is 8.61. The molecule has 2 atom stereocenters.